The Labute approximate surface area is 102 Å². The van der Waals surface area contributed by atoms with Crippen molar-refractivity contribution in [1.82, 2.24) is 0 Å². The molecule has 0 amide bonds. The highest BCUT2D eigenvalue weighted by Crippen LogP contribution is 2.23. The quantitative estimate of drug-likeness (QED) is 0.737. The van der Waals surface area contributed by atoms with Gasteiger partial charge in [-0.3, -0.25) is 5.01 Å². The number of rotatable bonds is 4. The van der Waals surface area contributed by atoms with E-state index in [1.165, 1.54) is 29.3 Å². The van der Waals surface area contributed by atoms with Crippen LogP contribution in [0.5, 0.6) is 0 Å². The van der Waals surface area contributed by atoms with Gasteiger partial charge in [0.05, 0.1) is 10.7 Å². The molecular formula is C13H18N2S. The third kappa shape index (κ3) is 3.01. The van der Waals surface area contributed by atoms with Crippen molar-refractivity contribution in [3.63, 3.8) is 0 Å². The van der Waals surface area contributed by atoms with Crippen LogP contribution in [0.1, 0.15) is 26.2 Å². The van der Waals surface area contributed by atoms with Crippen LogP contribution < -0.4 is 5.01 Å². The van der Waals surface area contributed by atoms with E-state index in [2.05, 4.69) is 41.3 Å². The van der Waals surface area contributed by atoms with Gasteiger partial charge in [0.15, 0.2) is 0 Å². The van der Waals surface area contributed by atoms with Gasteiger partial charge in [0.25, 0.3) is 0 Å². The number of hydrazone groups is 1. The normalized spacial score (nSPS) is 15.3. The smallest absolute Gasteiger partial charge is 0.0956 e. The average Bonchev–Trinajstić information content (AvgIpc) is 2.79. The van der Waals surface area contributed by atoms with Crippen LogP contribution in [-0.4, -0.2) is 17.3 Å². The van der Waals surface area contributed by atoms with E-state index in [1.54, 1.807) is 0 Å². The molecule has 0 radical (unpaired) electrons. The minimum Gasteiger partial charge on any atom is -0.264 e. The summed E-state index contributed by atoms with van der Waals surface area (Å²) in [5, 5.41) is 8.04. The fourth-order valence-corrected chi connectivity index (χ4v) is 2.72. The predicted molar refractivity (Wildman–Crippen MR) is 73.2 cm³/mol. The SMILES string of the molecule is CCCCSC1=NN(c2ccccc2)CC1. The van der Waals surface area contributed by atoms with Crippen LogP contribution in [0.4, 0.5) is 5.69 Å². The standard InChI is InChI=1S/C13H18N2S/c1-2-3-11-16-13-9-10-15(14-13)12-7-5-4-6-8-12/h4-8H,2-3,9-11H2,1H3. The Bertz CT molecular complexity index is 348. The lowest BCUT2D eigenvalue weighted by atomic mass is 10.3. The van der Waals surface area contributed by atoms with Gasteiger partial charge < -0.3 is 0 Å². The Balaban J connectivity index is 1.90. The molecule has 1 aliphatic heterocycles. The minimum atomic E-state index is 1.03. The second-order valence-electron chi connectivity index (χ2n) is 3.90. The number of para-hydroxylation sites is 1. The van der Waals surface area contributed by atoms with Crippen molar-refractivity contribution in [3.8, 4) is 0 Å². The number of benzene rings is 1. The molecule has 0 fully saturated rings. The van der Waals surface area contributed by atoms with Gasteiger partial charge in [-0.1, -0.05) is 31.5 Å². The third-order valence-electron chi connectivity index (χ3n) is 2.59. The van der Waals surface area contributed by atoms with Crippen LogP contribution in [0, 0.1) is 0 Å². The minimum absolute atomic E-state index is 1.03. The summed E-state index contributed by atoms with van der Waals surface area (Å²) in [5.41, 5.74) is 1.20. The zero-order valence-electron chi connectivity index (χ0n) is 9.72. The third-order valence-corrected chi connectivity index (χ3v) is 3.70. The van der Waals surface area contributed by atoms with Crippen LogP contribution in [0.3, 0.4) is 0 Å². The molecule has 0 aliphatic carbocycles. The molecule has 2 nitrogen and oxygen atoms in total. The number of hydrogen-bond acceptors (Lipinski definition) is 3. The molecule has 3 heteroatoms. The Morgan fingerprint density at radius 2 is 2.12 bits per heavy atom. The fourth-order valence-electron chi connectivity index (χ4n) is 1.66. The van der Waals surface area contributed by atoms with Crippen molar-refractivity contribution >= 4 is 22.5 Å². The first-order valence-electron chi connectivity index (χ1n) is 5.93. The molecule has 0 unspecified atom stereocenters. The topological polar surface area (TPSA) is 15.6 Å². The van der Waals surface area contributed by atoms with E-state index in [-0.39, 0.29) is 0 Å². The van der Waals surface area contributed by atoms with Crippen molar-refractivity contribution in [2.75, 3.05) is 17.3 Å². The zero-order valence-corrected chi connectivity index (χ0v) is 10.5. The molecule has 0 saturated carbocycles. The van der Waals surface area contributed by atoms with Crippen molar-refractivity contribution in [3.05, 3.63) is 30.3 Å². The summed E-state index contributed by atoms with van der Waals surface area (Å²) in [4.78, 5) is 0. The molecule has 86 valence electrons. The highest BCUT2D eigenvalue weighted by atomic mass is 32.2. The van der Waals surface area contributed by atoms with Crippen molar-refractivity contribution in [2.45, 2.75) is 26.2 Å². The van der Waals surface area contributed by atoms with E-state index >= 15 is 0 Å². The van der Waals surface area contributed by atoms with Gasteiger partial charge in [0.1, 0.15) is 0 Å². The predicted octanol–water partition coefficient (Wildman–Crippen LogP) is 3.74. The number of unbranched alkanes of at least 4 members (excludes halogenated alkanes) is 1. The second-order valence-corrected chi connectivity index (χ2v) is 5.07. The molecule has 1 heterocycles. The Morgan fingerprint density at radius 1 is 1.31 bits per heavy atom. The van der Waals surface area contributed by atoms with Gasteiger partial charge in [0.2, 0.25) is 0 Å². The molecule has 0 aromatic heterocycles. The zero-order chi connectivity index (χ0) is 11.2. The highest BCUT2D eigenvalue weighted by molar-refractivity contribution is 8.13. The molecule has 1 aliphatic rings. The maximum absolute atomic E-state index is 4.64. The van der Waals surface area contributed by atoms with Gasteiger partial charge >= 0.3 is 0 Å². The molecule has 0 atom stereocenters. The lowest BCUT2D eigenvalue weighted by Gasteiger charge is -2.12. The molecule has 0 saturated heterocycles. The highest BCUT2D eigenvalue weighted by Gasteiger charge is 2.15. The van der Waals surface area contributed by atoms with Crippen LogP contribution in [0.25, 0.3) is 0 Å². The molecule has 0 spiro atoms. The van der Waals surface area contributed by atoms with Crippen LogP contribution in [0.15, 0.2) is 35.4 Å². The van der Waals surface area contributed by atoms with E-state index < -0.39 is 0 Å². The Hall–Kier alpha value is -0.960. The van der Waals surface area contributed by atoms with Crippen molar-refractivity contribution in [2.24, 2.45) is 5.10 Å². The first-order valence-corrected chi connectivity index (χ1v) is 6.91. The van der Waals surface area contributed by atoms with E-state index in [4.69, 9.17) is 0 Å². The Kier molecular flexibility index (Phi) is 4.28. The summed E-state index contributed by atoms with van der Waals surface area (Å²) in [7, 11) is 0. The molecule has 16 heavy (non-hydrogen) atoms. The molecule has 0 N–H and O–H groups in total. The van der Waals surface area contributed by atoms with Crippen molar-refractivity contribution in [1.29, 1.82) is 0 Å². The molecular weight excluding hydrogens is 216 g/mol. The lowest BCUT2D eigenvalue weighted by Crippen LogP contribution is -2.11. The maximum atomic E-state index is 4.64. The molecule has 2 rings (SSSR count). The summed E-state index contributed by atoms with van der Waals surface area (Å²) >= 11 is 1.92. The first kappa shape index (κ1) is 11.5. The summed E-state index contributed by atoms with van der Waals surface area (Å²) in [6.45, 7) is 3.26. The van der Waals surface area contributed by atoms with Gasteiger partial charge in [-0.05, 0) is 24.3 Å². The van der Waals surface area contributed by atoms with E-state index in [0.29, 0.717) is 0 Å². The van der Waals surface area contributed by atoms with E-state index in [0.717, 1.165) is 13.0 Å². The van der Waals surface area contributed by atoms with Crippen molar-refractivity contribution < 1.29 is 0 Å². The van der Waals surface area contributed by atoms with Crippen LogP contribution >= 0.6 is 11.8 Å². The summed E-state index contributed by atoms with van der Waals surface area (Å²) in [6.07, 6.45) is 3.65. The van der Waals surface area contributed by atoms with E-state index in [9.17, 15) is 0 Å². The summed E-state index contributed by atoms with van der Waals surface area (Å²) in [6, 6.07) is 10.4. The largest absolute Gasteiger partial charge is 0.264 e. The monoisotopic (exact) mass is 234 g/mol. The van der Waals surface area contributed by atoms with Gasteiger partial charge in [-0.25, -0.2) is 0 Å². The fraction of sp³-hybridized carbons (Fsp3) is 0.462. The lowest BCUT2D eigenvalue weighted by molar-refractivity contribution is 0.898. The van der Waals surface area contributed by atoms with Gasteiger partial charge in [-0.2, -0.15) is 5.10 Å². The van der Waals surface area contributed by atoms with Gasteiger partial charge in [-0.15, -0.1) is 11.8 Å². The van der Waals surface area contributed by atoms with Crippen LogP contribution in [0.2, 0.25) is 0 Å². The maximum Gasteiger partial charge on any atom is 0.0956 e. The number of nitrogens with zero attached hydrogens (tertiary/aromatic N) is 2. The number of hydrogen-bond donors (Lipinski definition) is 0. The Morgan fingerprint density at radius 3 is 2.88 bits per heavy atom. The van der Waals surface area contributed by atoms with E-state index in [1.807, 2.05) is 17.8 Å². The number of anilines is 1. The molecule has 1 aromatic carbocycles. The first-order chi connectivity index (χ1) is 7.90. The summed E-state index contributed by atoms with van der Waals surface area (Å²) < 4.78 is 0. The second kappa shape index (κ2) is 5.94. The molecule has 1 aromatic rings. The molecule has 0 bridgehead atoms. The average molecular weight is 234 g/mol. The summed E-state index contributed by atoms with van der Waals surface area (Å²) in [5.74, 6) is 1.21. The van der Waals surface area contributed by atoms with Crippen LogP contribution in [-0.2, 0) is 0 Å². The van der Waals surface area contributed by atoms with Gasteiger partial charge in [0, 0.05) is 13.0 Å². The number of thioether (sulfide) groups is 1.